The molecule has 0 aromatic rings. The van der Waals surface area contributed by atoms with Crippen LogP contribution in [0.3, 0.4) is 0 Å². The molecule has 0 saturated carbocycles. The van der Waals surface area contributed by atoms with E-state index in [1.54, 1.807) is 13.8 Å². The molecule has 0 unspecified atom stereocenters. The van der Waals surface area contributed by atoms with Gasteiger partial charge in [-0.3, -0.25) is 0 Å². The Kier molecular flexibility index (Phi) is 4.58. The lowest BCUT2D eigenvalue weighted by Gasteiger charge is -2.20. The Morgan fingerprint density at radius 1 is 1.23 bits per heavy atom. The molecule has 0 amide bonds. The molecule has 0 aliphatic heterocycles. The van der Waals surface area contributed by atoms with Crippen LogP contribution in [0.2, 0.25) is 0 Å². The lowest BCUT2D eigenvalue weighted by Crippen LogP contribution is -2.27. The zero-order valence-corrected chi connectivity index (χ0v) is 7.65. The number of hydrogen-bond acceptors (Lipinski definition) is 3. The molecular weight excluding hydrogens is 174 g/mol. The summed E-state index contributed by atoms with van der Waals surface area (Å²) in [4.78, 5) is 22.4. The quantitative estimate of drug-likeness (QED) is 0.608. The van der Waals surface area contributed by atoms with E-state index < -0.39 is 11.9 Å². The SMILES string of the molecule is CCN(CC)/C(=C/C(=O)O)C(=O)O. The number of aliphatic carboxylic acids is 2. The van der Waals surface area contributed by atoms with Gasteiger partial charge in [-0.15, -0.1) is 0 Å². The van der Waals surface area contributed by atoms with Crippen LogP contribution in [0.4, 0.5) is 0 Å². The summed E-state index contributed by atoms with van der Waals surface area (Å²) in [5.74, 6) is -2.46. The molecule has 0 atom stereocenters. The predicted octanol–water partition coefficient (Wildman–Crippen LogP) is 0.381. The van der Waals surface area contributed by atoms with Crippen LogP contribution in [-0.4, -0.2) is 40.1 Å². The minimum absolute atomic E-state index is 0.183. The zero-order valence-electron chi connectivity index (χ0n) is 7.65. The average molecular weight is 187 g/mol. The number of likely N-dealkylation sites (N-methyl/N-ethyl adjacent to an activating group) is 1. The Balaban J connectivity index is 4.78. The lowest BCUT2D eigenvalue weighted by molar-refractivity contribution is -0.136. The molecule has 0 fully saturated rings. The highest BCUT2D eigenvalue weighted by molar-refractivity contribution is 5.94. The van der Waals surface area contributed by atoms with E-state index in [-0.39, 0.29) is 5.70 Å². The molecule has 0 radical (unpaired) electrons. The third-order valence-electron chi connectivity index (χ3n) is 1.58. The van der Waals surface area contributed by atoms with E-state index in [0.717, 1.165) is 0 Å². The molecule has 0 aliphatic carbocycles. The van der Waals surface area contributed by atoms with Gasteiger partial charge in [0.05, 0.1) is 6.08 Å². The zero-order chi connectivity index (χ0) is 10.4. The van der Waals surface area contributed by atoms with Gasteiger partial charge in [0.1, 0.15) is 5.70 Å². The molecule has 0 saturated heterocycles. The van der Waals surface area contributed by atoms with Crippen molar-refractivity contribution in [1.29, 1.82) is 0 Å². The van der Waals surface area contributed by atoms with E-state index >= 15 is 0 Å². The van der Waals surface area contributed by atoms with Gasteiger partial charge in [-0.05, 0) is 13.8 Å². The number of rotatable bonds is 5. The van der Waals surface area contributed by atoms with E-state index in [1.807, 2.05) is 0 Å². The Morgan fingerprint density at radius 2 is 1.69 bits per heavy atom. The maximum atomic E-state index is 10.6. The number of carboxylic acids is 2. The maximum Gasteiger partial charge on any atom is 0.352 e. The largest absolute Gasteiger partial charge is 0.478 e. The van der Waals surface area contributed by atoms with Crippen LogP contribution in [0.15, 0.2) is 11.8 Å². The normalized spacial score (nSPS) is 11.1. The Morgan fingerprint density at radius 3 is 1.92 bits per heavy atom. The second-order valence-corrected chi connectivity index (χ2v) is 2.35. The van der Waals surface area contributed by atoms with Gasteiger partial charge in [-0.2, -0.15) is 0 Å². The molecule has 0 aromatic carbocycles. The summed E-state index contributed by atoms with van der Waals surface area (Å²) in [5.41, 5.74) is -0.183. The third-order valence-corrected chi connectivity index (χ3v) is 1.58. The summed E-state index contributed by atoms with van der Waals surface area (Å²) in [6.45, 7) is 4.48. The molecule has 0 aliphatic rings. The first-order valence-corrected chi connectivity index (χ1v) is 3.95. The van der Waals surface area contributed by atoms with Crippen LogP contribution in [-0.2, 0) is 9.59 Å². The van der Waals surface area contributed by atoms with Gasteiger partial charge in [0, 0.05) is 13.1 Å². The van der Waals surface area contributed by atoms with E-state index in [0.29, 0.717) is 19.2 Å². The van der Waals surface area contributed by atoms with E-state index in [2.05, 4.69) is 0 Å². The number of hydrogen-bond donors (Lipinski definition) is 2. The fourth-order valence-electron chi connectivity index (χ4n) is 0.970. The first-order valence-electron chi connectivity index (χ1n) is 3.95. The number of carbonyl (C=O) groups is 2. The van der Waals surface area contributed by atoms with Gasteiger partial charge in [0.25, 0.3) is 0 Å². The van der Waals surface area contributed by atoms with E-state index in [4.69, 9.17) is 10.2 Å². The standard InChI is InChI=1S/C8H13NO4/c1-3-9(4-2)6(8(12)13)5-7(10)11/h5H,3-4H2,1-2H3,(H,10,11)(H,12,13)/b6-5+. The van der Waals surface area contributed by atoms with Crippen molar-refractivity contribution >= 4 is 11.9 Å². The minimum atomic E-state index is -1.25. The minimum Gasteiger partial charge on any atom is -0.478 e. The van der Waals surface area contributed by atoms with Crippen molar-refractivity contribution in [2.45, 2.75) is 13.8 Å². The van der Waals surface area contributed by atoms with E-state index in [1.165, 1.54) is 4.90 Å². The lowest BCUT2D eigenvalue weighted by atomic mass is 10.3. The molecule has 5 heteroatoms. The molecule has 0 rings (SSSR count). The molecule has 0 spiro atoms. The van der Waals surface area contributed by atoms with Crippen LogP contribution < -0.4 is 0 Å². The molecule has 0 aromatic heterocycles. The highest BCUT2D eigenvalue weighted by atomic mass is 16.4. The molecule has 0 bridgehead atoms. The van der Waals surface area contributed by atoms with Crippen LogP contribution in [0.1, 0.15) is 13.8 Å². The molecule has 2 N–H and O–H groups in total. The van der Waals surface area contributed by atoms with Gasteiger partial charge in [0.2, 0.25) is 0 Å². The summed E-state index contributed by atoms with van der Waals surface area (Å²) in [6, 6.07) is 0. The van der Waals surface area contributed by atoms with Gasteiger partial charge >= 0.3 is 11.9 Å². The third kappa shape index (κ3) is 3.59. The monoisotopic (exact) mass is 187 g/mol. The van der Waals surface area contributed by atoms with Crippen molar-refractivity contribution in [2.75, 3.05) is 13.1 Å². The molecule has 74 valence electrons. The van der Waals surface area contributed by atoms with Gasteiger partial charge in [-0.25, -0.2) is 9.59 Å². The predicted molar refractivity (Wildman–Crippen MR) is 46.3 cm³/mol. The van der Waals surface area contributed by atoms with Crippen molar-refractivity contribution in [1.82, 2.24) is 4.90 Å². The average Bonchev–Trinajstić information content (AvgIpc) is 2.04. The van der Waals surface area contributed by atoms with Crippen LogP contribution in [0.25, 0.3) is 0 Å². The smallest absolute Gasteiger partial charge is 0.352 e. The Labute approximate surface area is 76.3 Å². The van der Waals surface area contributed by atoms with Crippen molar-refractivity contribution in [3.05, 3.63) is 11.8 Å². The highest BCUT2D eigenvalue weighted by Gasteiger charge is 2.14. The van der Waals surface area contributed by atoms with Crippen LogP contribution >= 0.6 is 0 Å². The van der Waals surface area contributed by atoms with Crippen molar-refractivity contribution in [3.63, 3.8) is 0 Å². The second-order valence-electron chi connectivity index (χ2n) is 2.35. The summed E-state index contributed by atoms with van der Waals surface area (Å²) >= 11 is 0. The van der Waals surface area contributed by atoms with Crippen LogP contribution in [0, 0.1) is 0 Å². The Bertz CT molecular complexity index is 230. The van der Waals surface area contributed by atoms with Gasteiger partial charge in [0.15, 0.2) is 0 Å². The van der Waals surface area contributed by atoms with Crippen molar-refractivity contribution in [2.24, 2.45) is 0 Å². The molecule has 5 nitrogen and oxygen atoms in total. The van der Waals surface area contributed by atoms with E-state index in [9.17, 15) is 9.59 Å². The number of nitrogens with zero attached hydrogens (tertiary/aromatic N) is 1. The first-order chi connectivity index (χ1) is 6.02. The topological polar surface area (TPSA) is 77.8 Å². The van der Waals surface area contributed by atoms with Gasteiger partial charge < -0.3 is 15.1 Å². The summed E-state index contributed by atoms with van der Waals surface area (Å²) in [6.07, 6.45) is 0.704. The summed E-state index contributed by atoms with van der Waals surface area (Å²) in [7, 11) is 0. The number of carboxylic acid groups (broad SMARTS) is 2. The van der Waals surface area contributed by atoms with Crippen molar-refractivity contribution < 1.29 is 19.8 Å². The van der Waals surface area contributed by atoms with Gasteiger partial charge in [-0.1, -0.05) is 0 Å². The molecule has 13 heavy (non-hydrogen) atoms. The summed E-state index contributed by atoms with van der Waals surface area (Å²) in [5, 5.41) is 17.1. The van der Waals surface area contributed by atoms with Crippen molar-refractivity contribution in [3.8, 4) is 0 Å². The Hall–Kier alpha value is -1.52. The molecule has 0 heterocycles. The fourth-order valence-corrected chi connectivity index (χ4v) is 0.970. The first kappa shape index (κ1) is 11.5. The maximum absolute atomic E-state index is 10.6. The highest BCUT2D eigenvalue weighted by Crippen LogP contribution is 2.03. The second kappa shape index (κ2) is 5.18. The molecular formula is C8H13NO4. The fraction of sp³-hybridized carbons (Fsp3) is 0.500. The summed E-state index contributed by atoms with van der Waals surface area (Å²) < 4.78 is 0. The van der Waals surface area contributed by atoms with Crippen LogP contribution in [0.5, 0.6) is 0 Å².